The topological polar surface area (TPSA) is 122 Å². The van der Waals surface area contributed by atoms with E-state index in [9.17, 15) is 21.6 Å². The van der Waals surface area contributed by atoms with E-state index in [1.807, 2.05) is 0 Å². The second kappa shape index (κ2) is 9.81. The van der Waals surface area contributed by atoms with Crippen LogP contribution in [0.5, 0.6) is 5.75 Å². The average Bonchev–Trinajstić information content (AvgIpc) is 2.81. The summed E-state index contributed by atoms with van der Waals surface area (Å²) >= 11 is 12.1. The van der Waals surface area contributed by atoms with Crippen molar-refractivity contribution < 1.29 is 26.4 Å². The molecule has 0 spiro atoms. The number of ether oxygens (including phenoxy) is 1. The number of sulfonamides is 2. The van der Waals surface area contributed by atoms with Crippen LogP contribution < -0.4 is 19.1 Å². The molecule has 1 atom stereocenters. The van der Waals surface area contributed by atoms with E-state index in [1.165, 1.54) is 42.5 Å². The minimum Gasteiger partial charge on any atom is -0.476 e. The summed E-state index contributed by atoms with van der Waals surface area (Å²) < 4.78 is 59.5. The third-order valence-electron chi connectivity index (χ3n) is 5.43. The quantitative estimate of drug-likeness (QED) is 0.457. The zero-order chi connectivity index (χ0) is 26.3. The highest BCUT2D eigenvalue weighted by Gasteiger charge is 2.35. The van der Waals surface area contributed by atoms with Crippen molar-refractivity contribution in [2.45, 2.75) is 17.9 Å². The van der Waals surface area contributed by atoms with E-state index in [1.54, 1.807) is 25.1 Å². The molecule has 190 valence electrons. The third kappa shape index (κ3) is 5.54. The monoisotopic (exact) mass is 569 g/mol. The fourth-order valence-corrected chi connectivity index (χ4v) is 5.91. The number of nitrogens with zero attached hydrogens (tertiary/aromatic N) is 1. The maximum Gasteiger partial charge on any atom is 0.267 e. The van der Waals surface area contributed by atoms with Crippen molar-refractivity contribution in [1.82, 2.24) is 0 Å². The molecule has 0 aromatic heterocycles. The van der Waals surface area contributed by atoms with E-state index < -0.39 is 32.1 Å². The molecule has 1 amide bonds. The number of carbonyl (C=O) groups is 1. The van der Waals surface area contributed by atoms with Crippen LogP contribution in [0.3, 0.4) is 0 Å². The second-order valence-electron chi connectivity index (χ2n) is 8.04. The summed E-state index contributed by atoms with van der Waals surface area (Å²) in [5.41, 5.74) is 1.48. The van der Waals surface area contributed by atoms with Crippen molar-refractivity contribution in [3.05, 3.63) is 76.3 Å². The number of hydrogen-bond acceptors (Lipinski definition) is 6. The molecule has 0 aliphatic carbocycles. The van der Waals surface area contributed by atoms with E-state index in [2.05, 4.69) is 10.0 Å². The number of rotatable bonds is 6. The van der Waals surface area contributed by atoms with Crippen LogP contribution in [0.15, 0.2) is 65.6 Å². The molecular weight excluding hydrogens is 549 g/mol. The first-order valence-corrected chi connectivity index (χ1v) is 14.6. The molecule has 9 nitrogen and oxygen atoms in total. The zero-order valence-corrected chi connectivity index (χ0v) is 22.2. The maximum atomic E-state index is 12.9. The molecule has 3 aromatic rings. The van der Waals surface area contributed by atoms with Crippen molar-refractivity contribution in [2.75, 3.05) is 27.1 Å². The zero-order valence-electron chi connectivity index (χ0n) is 19.0. The van der Waals surface area contributed by atoms with Crippen LogP contribution in [0.25, 0.3) is 0 Å². The van der Waals surface area contributed by atoms with Gasteiger partial charge in [0.1, 0.15) is 5.75 Å². The van der Waals surface area contributed by atoms with Crippen LogP contribution in [0, 0.1) is 6.92 Å². The van der Waals surface area contributed by atoms with Crippen LogP contribution in [0.4, 0.5) is 17.1 Å². The second-order valence-corrected chi connectivity index (χ2v) is 12.5. The van der Waals surface area contributed by atoms with Crippen LogP contribution >= 0.6 is 23.2 Å². The number of halogens is 2. The Bertz CT molecular complexity index is 1540. The molecule has 1 unspecified atom stereocenters. The molecular formula is C23H21Cl2N3O6S2. The minimum absolute atomic E-state index is 0.0251. The maximum absolute atomic E-state index is 12.9. The Kier molecular flexibility index (Phi) is 7.11. The Morgan fingerprint density at radius 3 is 2.39 bits per heavy atom. The lowest BCUT2D eigenvalue weighted by Crippen LogP contribution is -2.48. The van der Waals surface area contributed by atoms with Crippen molar-refractivity contribution in [2.24, 2.45) is 0 Å². The van der Waals surface area contributed by atoms with E-state index in [-0.39, 0.29) is 22.9 Å². The van der Waals surface area contributed by atoms with Gasteiger partial charge in [0.2, 0.25) is 10.0 Å². The highest BCUT2D eigenvalue weighted by atomic mass is 35.5. The van der Waals surface area contributed by atoms with Gasteiger partial charge in [-0.1, -0.05) is 29.3 Å². The summed E-state index contributed by atoms with van der Waals surface area (Å²) in [7, 11) is -7.63. The number of benzene rings is 3. The molecule has 1 aliphatic rings. The number of anilines is 3. The molecule has 13 heteroatoms. The van der Waals surface area contributed by atoms with Gasteiger partial charge in [-0.2, -0.15) is 0 Å². The highest BCUT2D eigenvalue weighted by Crippen LogP contribution is 2.37. The predicted octanol–water partition coefficient (Wildman–Crippen LogP) is 4.27. The standard InChI is InChI=1S/C23H21Cl2N3O6S2/c1-14-18(25)4-3-5-19(14)27-36(32,33)17-9-7-16(8-10-17)26-23(29)22-13-28(35(2,30)31)20-12-15(24)6-11-21(20)34-22/h3-12,22,27H,13H2,1-2H3,(H,26,29). The lowest BCUT2D eigenvalue weighted by Gasteiger charge is -2.34. The van der Waals surface area contributed by atoms with E-state index >= 15 is 0 Å². The summed E-state index contributed by atoms with van der Waals surface area (Å²) in [4.78, 5) is 12.9. The van der Waals surface area contributed by atoms with Gasteiger partial charge in [0.05, 0.1) is 29.1 Å². The van der Waals surface area contributed by atoms with Crippen LogP contribution in [0.1, 0.15) is 5.56 Å². The van der Waals surface area contributed by atoms with Crippen molar-refractivity contribution in [1.29, 1.82) is 0 Å². The van der Waals surface area contributed by atoms with E-state index in [4.69, 9.17) is 27.9 Å². The third-order valence-corrected chi connectivity index (χ3v) is 8.60. The normalized spacial score (nSPS) is 15.6. The van der Waals surface area contributed by atoms with Gasteiger partial charge in [0.15, 0.2) is 6.10 Å². The molecule has 1 heterocycles. The van der Waals surface area contributed by atoms with Crippen molar-refractivity contribution >= 4 is 66.2 Å². The lowest BCUT2D eigenvalue weighted by atomic mass is 10.2. The predicted molar refractivity (Wildman–Crippen MR) is 140 cm³/mol. The lowest BCUT2D eigenvalue weighted by molar-refractivity contribution is -0.122. The largest absolute Gasteiger partial charge is 0.476 e. The SMILES string of the molecule is Cc1c(Cl)cccc1NS(=O)(=O)c1ccc(NC(=O)C2CN(S(C)(=O)=O)c3cc(Cl)ccc3O2)cc1. The van der Waals surface area contributed by atoms with E-state index in [0.29, 0.717) is 27.0 Å². The summed E-state index contributed by atoms with van der Waals surface area (Å²) in [6, 6.07) is 14.9. The Morgan fingerprint density at radius 2 is 1.72 bits per heavy atom. The molecule has 0 fully saturated rings. The molecule has 3 aromatic carbocycles. The number of carbonyl (C=O) groups excluding carboxylic acids is 1. The Labute approximate surface area is 219 Å². The van der Waals surface area contributed by atoms with Gasteiger partial charge in [0.25, 0.3) is 15.9 Å². The fourth-order valence-electron chi connectivity index (χ4n) is 3.54. The molecule has 4 rings (SSSR count). The van der Waals surface area contributed by atoms with Gasteiger partial charge >= 0.3 is 0 Å². The molecule has 0 saturated carbocycles. The number of nitrogens with one attached hydrogen (secondary N) is 2. The smallest absolute Gasteiger partial charge is 0.267 e. The van der Waals surface area contributed by atoms with Crippen LogP contribution in [-0.4, -0.2) is 41.6 Å². The summed E-state index contributed by atoms with van der Waals surface area (Å²) in [6.45, 7) is 1.44. The molecule has 1 aliphatic heterocycles. The van der Waals surface area contributed by atoms with Gasteiger partial charge < -0.3 is 10.1 Å². The Morgan fingerprint density at radius 1 is 1.03 bits per heavy atom. The molecule has 0 radical (unpaired) electrons. The molecule has 0 saturated heterocycles. The van der Waals surface area contributed by atoms with E-state index in [0.717, 1.165) is 10.6 Å². The number of hydrogen-bond donors (Lipinski definition) is 2. The first kappa shape index (κ1) is 26.1. The first-order valence-electron chi connectivity index (χ1n) is 10.5. The van der Waals surface area contributed by atoms with Crippen molar-refractivity contribution in [3.63, 3.8) is 0 Å². The average molecular weight is 570 g/mol. The Balaban J connectivity index is 1.50. The fraction of sp³-hybridized carbons (Fsp3) is 0.174. The summed E-state index contributed by atoms with van der Waals surface area (Å²) in [6.07, 6.45) is -0.125. The summed E-state index contributed by atoms with van der Waals surface area (Å²) in [5.74, 6) is -0.410. The number of fused-ring (bicyclic) bond motifs is 1. The summed E-state index contributed by atoms with van der Waals surface area (Å²) in [5, 5.41) is 3.38. The van der Waals surface area contributed by atoms with Gasteiger partial charge in [-0.05, 0) is 67.1 Å². The Hall–Kier alpha value is -2.99. The molecule has 36 heavy (non-hydrogen) atoms. The van der Waals surface area contributed by atoms with Gasteiger partial charge in [0, 0.05) is 15.7 Å². The number of amides is 1. The molecule has 2 N–H and O–H groups in total. The van der Waals surface area contributed by atoms with Gasteiger partial charge in [-0.3, -0.25) is 13.8 Å². The first-order chi connectivity index (χ1) is 16.8. The van der Waals surface area contributed by atoms with Crippen LogP contribution in [-0.2, 0) is 24.8 Å². The molecule has 0 bridgehead atoms. The van der Waals surface area contributed by atoms with Crippen LogP contribution in [0.2, 0.25) is 10.0 Å². The highest BCUT2D eigenvalue weighted by molar-refractivity contribution is 7.92. The van der Waals surface area contributed by atoms with Gasteiger partial charge in [-0.15, -0.1) is 0 Å². The van der Waals surface area contributed by atoms with Crippen molar-refractivity contribution in [3.8, 4) is 5.75 Å². The van der Waals surface area contributed by atoms with Gasteiger partial charge in [-0.25, -0.2) is 16.8 Å². The minimum atomic E-state index is -3.91.